The molecule has 2 aromatic carbocycles. The largest absolute Gasteiger partial charge is 0.493 e. The highest BCUT2D eigenvalue weighted by molar-refractivity contribution is 8.00. The Morgan fingerprint density at radius 2 is 1.67 bits per heavy atom. The molecule has 0 aliphatic heterocycles. The van der Waals surface area contributed by atoms with Gasteiger partial charge in [-0.15, -0.1) is 11.8 Å². The summed E-state index contributed by atoms with van der Waals surface area (Å²) in [4.78, 5) is 13.3. The Labute approximate surface area is 166 Å². The number of carbonyl (C=O) groups excluding carboxylic acids is 1. The number of hydrogen-bond acceptors (Lipinski definition) is 4. The van der Waals surface area contributed by atoms with E-state index in [4.69, 9.17) is 9.47 Å². The highest BCUT2D eigenvalue weighted by atomic mass is 32.2. The van der Waals surface area contributed by atoms with Crippen LogP contribution < -0.4 is 14.8 Å². The fourth-order valence-electron chi connectivity index (χ4n) is 2.69. The molecule has 146 valence electrons. The van der Waals surface area contributed by atoms with E-state index in [0.29, 0.717) is 17.3 Å². The minimum atomic E-state index is -0.0301. The molecule has 0 radical (unpaired) electrons. The summed E-state index contributed by atoms with van der Waals surface area (Å²) in [5, 5.41) is 3.06. The monoisotopic (exact) mass is 387 g/mol. The smallest absolute Gasteiger partial charge is 0.230 e. The second-order valence-corrected chi connectivity index (χ2v) is 8.52. The number of ether oxygens (including phenoxy) is 2. The van der Waals surface area contributed by atoms with E-state index in [9.17, 15) is 4.79 Å². The molecule has 2 rings (SSSR count). The maximum absolute atomic E-state index is 12.3. The van der Waals surface area contributed by atoms with Gasteiger partial charge in [0.25, 0.3) is 0 Å². The molecular formula is C22H29NO3S. The van der Waals surface area contributed by atoms with Crippen molar-refractivity contribution in [2.45, 2.75) is 44.0 Å². The van der Waals surface area contributed by atoms with Gasteiger partial charge in [-0.05, 0) is 41.7 Å². The van der Waals surface area contributed by atoms with Crippen molar-refractivity contribution in [3.8, 4) is 11.5 Å². The molecule has 1 unspecified atom stereocenters. The minimum Gasteiger partial charge on any atom is -0.493 e. The molecule has 1 N–H and O–H groups in total. The molecule has 0 saturated carbocycles. The van der Waals surface area contributed by atoms with Crippen LogP contribution in [0, 0.1) is 0 Å². The number of nitrogens with one attached hydrogen (secondary N) is 1. The zero-order valence-corrected chi connectivity index (χ0v) is 17.8. The van der Waals surface area contributed by atoms with Gasteiger partial charge in [0.2, 0.25) is 5.91 Å². The first-order valence-electron chi connectivity index (χ1n) is 8.99. The van der Waals surface area contributed by atoms with Crippen LogP contribution in [0.15, 0.2) is 47.4 Å². The lowest BCUT2D eigenvalue weighted by molar-refractivity contribution is -0.119. The standard InChI is InChI=1S/C22H29NO3S/c1-15(16-7-9-17(10-8-16)22(2,3)4)23-21(24)14-27-18-11-12-19(25-5)20(13-18)26-6/h7-13,15H,14H2,1-6H3,(H,23,24). The van der Waals surface area contributed by atoms with E-state index in [1.165, 1.54) is 17.3 Å². The van der Waals surface area contributed by atoms with Crippen LogP contribution >= 0.6 is 11.8 Å². The first-order chi connectivity index (χ1) is 12.7. The Morgan fingerprint density at radius 3 is 2.22 bits per heavy atom. The quantitative estimate of drug-likeness (QED) is 0.681. The van der Waals surface area contributed by atoms with Crippen molar-refractivity contribution in [2.24, 2.45) is 0 Å². The van der Waals surface area contributed by atoms with Gasteiger partial charge in [0.1, 0.15) is 0 Å². The number of benzene rings is 2. The summed E-state index contributed by atoms with van der Waals surface area (Å²) in [6.45, 7) is 8.58. The van der Waals surface area contributed by atoms with E-state index in [0.717, 1.165) is 10.5 Å². The number of methoxy groups -OCH3 is 2. The fourth-order valence-corrected chi connectivity index (χ4v) is 3.43. The molecule has 0 aromatic heterocycles. The summed E-state index contributed by atoms with van der Waals surface area (Å²) in [7, 11) is 3.21. The van der Waals surface area contributed by atoms with Gasteiger partial charge in [-0.3, -0.25) is 4.79 Å². The van der Waals surface area contributed by atoms with Gasteiger partial charge < -0.3 is 14.8 Å². The van der Waals surface area contributed by atoms with Crippen LogP contribution in [0.2, 0.25) is 0 Å². The van der Waals surface area contributed by atoms with Crippen molar-refractivity contribution in [1.29, 1.82) is 0 Å². The lowest BCUT2D eigenvalue weighted by atomic mass is 9.86. The van der Waals surface area contributed by atoms with Crippen LogP contribution in [0.4, 0.5) is 0 Å². The fraction of sp³-hybridized carbons (Fsp3) is 0.409. The van der Waals surface area contributed by atoms with Gasteiger partial charge in [-0.1, -0.05) is 45.0 Å². The van der Waals surface area contributed by atoms with Crippen molar-refractivity contribution in [2.75, 3.05) is 20.0 Å². The molecule has 0 saturated heterocycles. The Kier molecular flexibility index (Phi) is 7.19. The summed E-state index contributed by atoms with van der Waals surface area (Å²) in [6, 6.07) is 14.1. The van der Waals surface area contributed by atoms with Crippen LogP contribution in [0.25, 0.3) is 0 Å². The molecule has 4 nitrogen and oxygen atoms in total. The van der Waals surface area contributed by atoms with Crippen molar-refractivity contribution in [3.05, 3.63) is 53.6 Å². The Bertz CT molecular complexity index is 766. The second kappa shape index (κ2) is 9.18. The average molecular weight is 388 g/mol. The summed E-state index contributed by atoms with van der Waals surface area (Å²) in [6.07, 6.45) is 0. The number of thioether (sulfide) groups is 1. The topological polar surface area (TPSA) is 47.6 Å². The normalized spacial score (nSPS) is 12.4. The van der Waals surface area contributed by atoms with Crippen molar-refractivity contribution in [1.82, 2.24) is 5.32 Å². The maximum Gasteiger partial charge on any atom is 0.230 e. The number of hydrogen-bond donors (Lipinski definition) is 1. The molecule has 0 spiro atoms. The third-order valence-electron chi connectivity index (χ3n) is 4.38. The zero-order valence-electron chi connectivity index (χ0n) is 17.0. The minimum absolute atomic E-state index is 0.00202. The van der Waals surface area contributed by atoms with Gasteiger partial charge in [0.15, 0.2) is 11.5 Å². The zero-order chi connectivity index (χ0) is 20.0. The Balaban J connectivity index is 1.91. The lowest BCUT2D eigenvalue weighted by Crippen LogP contribution is -2.28. The molecule has 2 aromatic rings. The van der Waals surface area contributed by atoms with E-state index in [1.54, 1.807) is 14.2 Å². The van der Waals surface area contributed by atoms with Crippen molar-refractivity contribution < 1.29 is 14.3 Å². The van der Waals surface area contributed by atoms with Gasteiger partial charge >= 0.3 is 0 Å². The summed E-state index contributed by atoms with van der Waals surface area (Å²) < 4.78 is 10.5. The summed E-state index contributed by atoms with van der Waals surface area (Å²) >= 11 is 1.47. The number of carbonyl (C=O) groups is 1. The highest BCUT2D eigenvalue weighted by Crippen LogP contribution is 2.32. The third-order valence-corrected chi connectivity index (χ3v) is 5.37. The van der Waals surface area contributed by atoms with Crippen molar-refractivity contribution in [3.63, 3.8) is 0 Å². The van der Waals surface area contributed by atoms with Crippen molar-refractivity contribution >= 4 is 17.7 Å². The molecule has 1 amide bonds. The molecule has 1 atom stereocenters. The van der Waals surface area contributed by atoms with Gasteiger partial charge in [0, 0.05) is 4.90 Å². The third kappa shape index (κ3) is 5.93. The lowest BCUT2D eigenvalue weighted by Gasteiger charge is -2.20. The van der Waals surface area contributed by atoms with Gasteiger partial charge in [-0.2, -0.15) is 0 Å². The summed E-state index contributed by atoms with van der Waals surface area (Å²) in [5.74, 6) is 1.69. The Morgan fingerprint density at radius 1 is 1.04 bits per heavy atom. The average Bonchev–Trinajstić information content (AvgIpc) is 2.65. The Hall–Kier alpha value is -2.14. The maximum atomic E-state index is 12.3. The highest BCUT2D eigenvalue weighted by Gasteiger charge is 2.15. The van der Waals surface area contributed by atoms with Gasteiger partial charge in [0.05, 0.1) is 26.0 Å². The van der Waals surface area contributed by atoms with Gasteiger partial charge in [-0.25, -0.2) is 0 Å². The SMILES string of the molecule is COc1ccc(SCC(=O)NC(C)c2ccc(C(C)(C)C)cc2)cc1OC. The van der Waals surface area contributed by atoms with E-state index >= 15 is 0 Å². The van der Waals surface area contributed by atoms with Crippen LogP contribution in [-0.2, 0) is 10.2 Å². The van der Waals surface area contributed by atoms with E-state index in [-0.39, 0.29) is 17.4 Å². The van der Waals surface area contributed by atoms with E-state index in [1.807, 2.05) is 25.1 Å². The molecule has 0 aliphatic rings. The second-order valence-electron chi connectivity index (χ2n) is 7.47. The van der Waals surface area contributed by atoms with Crippen LogP contribution in [0.3, 0.4) is 0 Å². The first-order valence-corrected chi connectivity index (χ1v) is 9.97. The van der Waals surface area contributed by atoms with Crippen LogP contribution in [0.5, 0.6) is 11.5 Å². The van der Waals surface area contributed by atoms with Crippen LogP contribution in [-0.4, -0.2) is 25.9 Å². The van der Waals surface area contributed by atoms with E-state index < -0.39 is 0 Å². The first kappa shape index (κ1) is 21.2. The van der Waals surface area contributed by atoms with E-state index in [2.05, 4.69) is 50.4 Å². The predicted molar refractivity (Wildman–Crippen MR) is 112 cm³/mol. The molecule has 5 heteroatoms. The molecule has 27 heavy (non-hydrogen) atoms. The predicted octanol–water partition coefficient (Wildman–Crippen LogP) is 4.97. The molecular weight excluding hydrogens is 358 g/mol. The summed E-state index contributed by atoms with van der Waals surface area (Å²) in [5.41, 5.74) is 2.52. The molecule has 0 bridgehead atoms. The molecule has 0 fully saturated rings. The molecule has 0 heterocycles. The van der Waals surface area contributed by atoms with Crippen LogP contribution in [0.1, 0.15) is 44.9 Å². The number of amides is 1. The number of rotatable bonds is 7. The molecule has 0 aliphatic carbocycles.